The lowest BCUT2D eigenvalue weighted by atomic mass is 10.1. The molecule has 0 atom stereocenters. The minimum Gasteiger partial charge on any atom is -0.281 e. The van der Waals surface area contributed by atoms with E-state index in [0.717, 1.165) is 18.2 Å². The number of thiophene rings is 1. The zero-order chi connectivity index (χ0) is 14.3. The van der Waals surface area contributed by atoms with Crippen molar-refractivity contribution in [1.82, 2.24) is 0 Å². The van der Waals surface area contributed by atoms with Gasteiger partial charge >= 0.3 is 16.3 Å². The first-order valence-corrected chi connectivity index (χ1v) is 7.18. The summed E-state index contributed by atoms with van der Waals surface area (Å²) in [5, 5.41) is 0. The predicted molar refractivity (Wildman–Crippen MR) is 64.6 cm³/mol. The molecule has 0 unspecified atom stereocenters. The molecule has 0 saturated carbocycles. The van der Waals surface area contributed by atoms with E-state index in [0.29, 0.717) is 16.2 Å². The maximum absolute atomic E-state index is 12.5. The van der Waals surface area contributed by atoms with Crippen molar-refractivity contribution in [2.75, 3.05) is 0 Å². The Balaban J connectivity index is 2.46. The van der Waals surface area contributed by atoms with Crippen molar-refractivity contribution in [2.45, 2.75) is 10.4 Å². The highest BCUT2D eigenvalue weighted by Gasteiger charge is 2.30. The third-order valence-electron chi connectivity index (χ3n) is 2.31. The van der Waals surface area contributed by atoms with Crippen molar-refractivity contribution in [2.24, 2.45) is 0 Å². The predicted octanol–water partition coefficient (Wildman–Crippen LogP) is 3.68. The van der Waals surface area contributed by atoms with Crippen LogP contribution in [0, 0.1) is 0 Å². The molecule has 0 radical (unpaired) electrons. The number of hydrogen-bond acceptors (Lipinski definition) is 3. The first kappa shape index (κ1) is 14.0. The molecule has 0 fully saturated rings. The Labute approximate surface area is 111 Å². The Bertz CT molecular complexity index is 702. The second kappa shape index (κ2) is 4.62. The van der Waals surface area contributed by atoms with Gasteiger partial charge in [-0.1, -0.05) is 12.1 Å². The van der Waals surface area contributed by atoms with Gasteiger partial charge in [0, 0.05) is 4.88 Å². The summed E-state index contributed by atoms with van der Waals surface area (Å²) >= 11 is 0.707. The van der Waals surface area contributed by atoms with Crippen LogP contribution in [-0.4, -0.2) is 13.0 Å². The van der Waals surface area contributed by atoms with Gasteiger partial charge in [0.25, 0.3) is 0 Å². The fourth-order valence-corrected chi connectivity index (χ4v) is 3.13. The van der Waals surface area contributed by atoms with Crippen molar-refractivity contribution in [3.63, 3.8) is 0 Å². The molecule has 1 N–H and O–H groups in total. The molecule has 0 spiro atoms. The first-order chi connectivity index (χ1) is 8.68. The van der Waals surface area contributed by atoms with Gasteiger partial charge in [-0.15, -0.1) is 11.3 Å². The Hall–Kier alpha value is -1.38. The summed E-state index contributed by atoms with van der Waals surface area (Å²) in [6, 6.07) is 7.04. The zero-order valence-electron chi connectivity index (χ0n) is 9.18. The van der Waals surface area contributed by atoms with E-state index >= 15 is 0 Å². The minimum absolute atomic E-state index is 0.245. The largest absolute Gasteiger partial charge is 0.416 e. The Morgan fingerprint density at radius 3 is 2.32 bits per heavy atom. The van der Waals surface area contributed by atoms with Crippen molar-refractivity contribution in [3.05, 3.63) is 42.0 Å². The van der Waals surface area contributed by atoms with Gasteiger partial charge in [0.15, 0.2) is 0 Å². The third-order valence-corrected chi connectivity index (χ3v) is 4.77. The molecule has 0 saturated heterocycles. The fourth-order valence-electron chi connectivity index (χ4n) is 1.46. The zero-order valence-corrected chi connectivity index (χ0v) is 10.8. The molecule has 0 amide bonds. The van der Waals surface area contributed by atoms with Gasteiger partial charge in [0.2, 0.25) is 0 Å². The van der Waals surface area contributed by atoms with Crippen LogP contribution in [0.1, 0.15) is 5.56 Å². The monoisotopic (exact) mass is 308 g/mol. The van der Waals surface area contributed by atoms with Crippen LogP contribution in [0.25, 0.3) is 10.4 Å². The fraction of sp³-hybridized carbons (Fsp3) is 0.0909. The van der Waals surface area contributed by atoms with Crippen LogP contribution in [-0.2, 0) is 16.3 Å². The maximum Gasteiger partial charge on any atom is 0.416 e. The van der Waals surface area contributed by atoms with Crippen molar-refractivity contribution >= 4 is 21.5 Å². The number of alkyl halides is 3. The molecular weight excluding hydrogens is 301 g/mol. The van der Waals surface area contributed by atoms with E-state index in [2.05, 4.69) is 0 Å². The van der Waals surface area contributed by atoms with Crippen molar-refractivity contribution < 1.29 is 26.1 Å². The lowest BCUT2D eigenvalue weighted by Gasteiger charge is -2.07. The van der Waals surface area contributed by atoms with Crippen molar-refractivity contribution in [1.29, 1.82) is 0 Å². The molecule has 0 bridgehead atoms. The number of benzene rings is 1. The molecule has 102 valence electrons. The lowest BCUT2D eigenvalue weighted by molar-refractivity contribution is -0.137. The summed E-state index contributed by atoms with van der Waals surface area (Å²) in [4.78, 5) is 0.332. The van der Waals surface area contributed by atoms with Gasteiger partial charge in [-0.05, 0) is 29.8 Å². The van der Waals surface area contributed by atoms with Crippen molar-refractivity contribution in [3.8, 4) is 10.4 Å². The normalized spacial score (nSPS) is 12.6. The van der Waals surface area contributed by atoms with Crippen LogP contribution in [0.3, 0.4) is 0 Å². The topological polar surface area (TPSA) is 54.4 Å². The smallest absolute Gasteiger partial charge is 0.281 e. The lowest BCUT2D eigenvalue weighted by Crippen LogP contribution is -2.04. The summed E-state index contributed by atoms with van der Waals surface area (Å²) < 4.78 is 67.9. The van der Waals surface area contributed by atoms with Crippen LogP contribution in [0.2, 0.25) is 0 Å². The van der Waals surface area contributed by atoms with Crippen LogP contribution in [0.15, 0.2) is 40.6 Å². The Morgan fingerprint density at radius 2 is 1.79 bits per heavy atom. The summed E-state index contributed by atoms with van der Waals surface area (Å²) in [6.45, 7) is 0. The van der Waals surface area contributed by atoms with E-state index < -0.39 is 21.9 Å². The van der Waals surface area contributed by atoms with Gasteiger partial charge in [-0.2, -0.15) is 21.6 Å². The molecule has 0 aliphatic rings. The summed E-state index contributed by atoms with van der Waals surface area (Å²) in [7, 11) is -4.33. The number of rotatable bonds is 2. The molecule has 19 heavy (non-hydrogen) atoms. The van der Waals surface area contributed by atoms with Gasteiger partial charge < -0.3 is 0 Å². The molecule has 1 aromatic heterocycles. The minimum atomic E-state index is -4.46. The van der Waals surface area contributed by atoms with E-state index in [1.54, 1.807) is 0 Å². The summed E-state index contributed by atoms with van der Waals surface area (Å²) in [6.07, 6.45) is -4.46. The van der Waals surface area contributed by atoms with Gasteiger partial charge in [0.05, 0.1) is 5.56 Å². The number of halogens is 3. The molecule has 2 rings (SSSR count). The van der Waals surface area contributed by atoms with Gasteiger partial charge in [-0.25, -0.2) is 0 Å². The number of hydrogen-bond donors (Lipinski definition) is 1. The molecule has 1 heterocycles. The second-order valence-electron chi connectivity index (χ2n) is 3.67. The third kappa shape index (κ3) is 3.14. The highest BCUT2D eigenvalue weighted by atomic mass is 32.3. The molecule has 3 nitrogen and oxygen atoms in total. The molecular formula is C11H7F3O3S2. The maximum atomic E-state index is 12.5. The van der Waals surface area contributed by atoms with E-state index in [-0.39, 0.29) is 9.77 Å². The van der Waals surface area contributed by atoms with E-state index in [4.69, 9.17) is 4.55 Å². The SMILES string of the molecule is O=S(=O)(O)c1ccc(-c2cccc(C(F)(F)F)c2)s1. The highest BCUT2D eigenvalue weighted by Crippen LogP contribution is 2.35. The summed E-state index contributed by atoms with van der Waals surface area (Å²) in [5.41, 5.74) is -0.568. The van der Waals surface area contributed by atoms with Gasteiger partial charge in [-0.3, -0.25) is 4.55 Å². The standard InChI is InChI=1S/C11H7F3O3S2/c12-11(13,14)8-3-1-2-7(6-8)9-4-5-10(18-9)19(15,16)17/h1-6H,(H,15,16,17). The van der Waals surface area contributed by atoms with E-state index in [1.165, 1.54) is 18.2 Å². The highest BCUT2D eigenvalue weighted by molar-refractivity contribution is 7.88. The van der Waals surface area contributed by atoms with Crippen LogP contribution >= 0.6 is 11.3 Å². The first-order valence-electron chi connectivity index (χ1n) is 4.93. The van der Waals surface area contributed by atoms with Crippen LogP contribution in [0.5, 0.6) is 0 Å². The molecule has 0 aliphatic heterocycles. The molecule has 0 aliphatic carbocycles. The van der Waals surface area contributed by atoms with Gasteiger partial charge in [0.1, 0.15) is 4.21 Å². The Kier molecular flexibility index (Phi) is 3.41. The second-order valence-corrected chi connectivity index (χ2v) is 6.40. The van der Waals surface area contributed by atoms with Crippen LogP contribution in [0.4, 0.5) is 13.2 Å². The Morgan fingerprint density at radius 1 is 1.11 bits per heavy atom. The molecule has 2 aromatic rings. The van der Waals surface area contributed by atoms with Crippen LogP contribution < -0.4 is 0 Å². The average molecular weight is 308 g/mol. The van der Waals surface area contributed by atoms with E-state index in [9.17, 15) is 21.6 Å². The quantitative estimate of drug-likeness (QED) is 0.861. The average Bonchev–Trinajstić information content (AvgIpc) is 2.77. The summed E-state index contributed by atoms with van der Waals surface area (Å²) in [5.74, 6) is 0. The molecule has 8 heteroatoms. The van der Waals surface area contributed by atoms with E-state index in [1.807, 2.05) is 0 Å². The molecule has 1 aromatic carbocycles.